The van der Waals surface area contributed by atoms with Gasteiger partial charge in [0.15, 0.2) is 0 Å². The zero-order valence-corrected chi connectivity index (χ0v) is 14.6. The lowest BCUT2D eigenvalue weighted by atomic mass is 10.1. The predicted molar refractivity (Wildman–Crippen MR) is 99.1 cm³/mol. The zero-order chi connectivity index (χ0) is 18.8. The molecule has 0 heterocycles. The number of carbonyl (C=O) groups excluding carboxylic acids is 2. The van der Waals surface area contributed by atoms with Crippen LogP contribution in [0.25, 0.3) is 0 Å². The lowest BCUT2D eigenvalue weighted by molar-refractivity contribution is -0.124. The summed E-state index contributed by atoms with van der Waals surface area (Å²) in [4.78, 5) is 23.8. The Hall–Kier alpha value is -2.70. The molecule has 0 unspecified atom stereocenters. The van der Waals surface area contributed by atoms with Gasteiger partial charge < -0.3 is 0 Å². The van der Waals surface area contributed by atoms with Crippen LogP contribution < -0.4 is 10.1 Å². The fourth-order valence-electron chi connectivity index (χ4n) is 2.54. The van der Waals surface area contributed by atoms with Crippen molar-refractivity contribution in [2.24, 2.45) is 0 Å². The van der Waals surface area contributed by atoms with Gasteiger partial charge >= 0.3 is 0 Å². The number of rotatable bonds is 9. The van der Waals surface area contributed by atoms with Crippen LogP contribution in [0.2, 0.25) is 0 Å². The summed E-state index contributed by atoms with van der Waals surface area (Å²) in [7, 11) is 0. The molecule has 6 nitrogen and oxygen atoms in total. The Kier molecular flexibility index (Phi) is 7.79. The average Bonchev–Trinajstić information content (AvgIpc) is 2.70. The summed E-state index contributed by atoms with van der Waals surface area (Å²) >= 11 is 0. The maximum absolute atomic E-state index is 11.9. The molecular weight excluding hydrogens is 332 g/mol. The average molecular weight is 356 g/mol. The lowest BCUT2D eigenvalue weighted by Gasteiger charge is -2.15. The Labute approximate surface area is 153 Å². The highest BCUT2D eigenvalue weighted by atomic mass is 16.5. The van der Waals surface area contributed by atoms with Crippen molar-refractivity contribution in [1.29, 1.82) is 0 Å². The van der Waals surface area contributed by atoms with Crippen LogP contribution in [-0.2, 0) is 9.59 Å². The molecule has 0 aromatic heterocycles. The van der Waals surface area contributed by atoms with Gasteiger partial charge in [0.05, 0.1) is 11.4 Å². The molecule has 0 saturated carbocycles. The Morgan fingerprint density at radius 2 is 0.962 bits per heavy atom. The van der Waals surface area contributed by atoms with Crippen LogP contribution in [0, 0.1) is 0 Å². The third-order valence-electron chi connectivity index (χ3n) is 4.01. The first-order valence-corrected chi connectivity index (χ1v) is 8.73. The molecule has 0 spiro atoms. The number of amides is 2. The third kappa shape index (κ3) is 5.98. The van der Waals surface area contributed by atoms with Crippen molar-refractivity contribution < 1.29 is 20.0 Å². The highest BCUT2D eigenvalue weighted by molar-refractivity contribution is 5.91. The highest BCUT2D eigenvalue weighted by Crippen LogP contribution is 2.15. The maximum atomic E-state index is 11.9. The van der Waals surface area contributed by atoms with E-state index in [4.69, 9.17) is 0 Å². The van der Waals surface area contributed by atoms with Gasteiger partial charge in [0, 0.05) is 12.8 Å². The van der Waals surface area contributed by atoms with E-state index in [1.807, 2.05) is 12.1 Å². The summed E-state index contributed by atoms with van der Waals surface area (Å²) in [6, 6.07) is 17.3. The SMILES string of the molecule is O=C(CCCCCCC(=O)N(O)c1ccccc1)N(O)c1ccccc1. The fourth-order valence-corrected chi connectivity index (χ4v) is 2.54. The summed E-state index contributed by atoms with van der Waals surface area (Å²) in [6.45, 7) is 0. The Morgan fingerprint density at radius 1 is 0.615 bits per heavy atom. The van der Waals surface area contributed by atoms with Gasteiger partial charge in [0.2, 0.25) is 0 Å². The molecule has 2 N–H and O–H groups in total. The predicted octanol–water partition coefficient (Wildman–Crippen LogP) is 4.17. The molecule has 0 atom stereocenters. The van der Waals surface area contributed by atoms with Gasteiger partial charge in [-0.3, -0.25) is 20.0 Å². The molecule has 0 saturated heterocycles. The minimum Gasteiger partial charge on any atom is -0.281 e. The number of para-hydroxylation sites is 2. The fraction of sp³-hybridized carbons (Fsp3) is 0.300. The van der Waals surface area contributed by atoms with Crippen LogP contribution in [0.5, 0.6) is 0 Å². The second kappa shape index (κ2) is 10.3. The molecule has 2 aromatic rings. The van der Waals surface area contributed by atoms with Crippen LogP contribution in [0.15, 0.2) is 60.7 Å². The van der Waals surface area contributed by atoms with E-state index in [0.29, 0.717) is 34.3 Å². The van der Waals surface area contributed by atoms with Gasteiger partial charge in [0.1, 0.15) is 0 Å². The van der Waals surface area contributed by atoms with Crippen LogP contribution in [-0.4, -0.2) is 22.2 Å². The van der Waals surface area contributed by atoms with Gasteiger partial charge in [-0.1, -0.05) is 49.2 Å². The molecule has 0 aliphatic carbocycles. The number of hydrogen-bond acceptors (Lipinski definition) is 4. The van der Waals surface area contributed by atoms with E-state index in [0.717, 1.165) is 12.8 Å². The molecule has 0 aliphatic heterocycles. The second-order valence-corrected chi connectivity index (χ2v) is 6.00. The topological polar surface area (TPSA) is 81.1 Å². The Balaban J connectivity index is 1.60. The first-order valence-electron chi connectivity index (χ1n) is 8.73. The molecule has 2 aromatic carbocycles. The molecule has 0 bridgehead atoms. The maximum Gasteiger partial charge on any atom is 0.250 e. The van der Waals surface area contributed by atoms with Crippen molar-refractivity contribution in [3.05, 3.63) is 60.7 Å². The second-order valence-electron chi connectivity index (χ2n) is 6.00. The first kappa shape index (κ1) is 19.6. The minimum atomic E-state index is -0.349. The molecular formula is C20H24N2O4. The van der Waals surface area contributed by atoms with Gasteiger partial charge in [-0.05, 0) is 37.1 Å². The van der Waals surface area contributed by atoms with E-state index in [1.54, 1.807) is 48.5 Å². The van der Waals surface area contributed by atoms with Crippen LogP contribution in [0.4, 0.5) is 11.4 Å². The monoisotopic (exact) mass is 356 g/mol. The number of hydroxylamine groups is 2. The van der Waals surface area contributed by atoms with Crippen LogP contribution in [0.3, 0.4) is 0 Å². The number of carbonyl (C=O) groups is 2. The number of benzene rings is 2. The van der Waals surface area contributed by atoms with Gasteiger partial charge in [-0.15, -0.1) is 0 Å². The number of unbranched alkanes of at least 4 members (excludes halogenated alkanes) is 3. The van der Waals surface area contributed by atoms with Crippen molar-refractivity contribution in [2.75, 3.05) is 10.1 Å². The summed E-state index contributed by atoms with van der Waals surface area (Å²) in [5, 5.41) is 21.0. The van der Waals surface area contributed by atoms with E-state index in [2.05, 4.69) is 0 Å². The van der Waals surface area contributed by atoms with Gasteiger partial charge in [-0.2, -0.15) is 10.1 Å². The van der Waals surface area contributed by atoms with E-state index in [9.17, 15) is 20.0 Å². The van der Waals surface area contributed by atoms with Crippen molar-refractivity contribution in [3.63, 3.8) is 0 Å². The number of hydrogen-bond donors (Lipinski definition) is 2. The standard InChI is InChI=1S/C20H24N2O4/c23-19(21(25)17-11-5-3-6-12-17)15-9-1-2-10-16-20(24)22(26)18-13-7-4-8-14-18/h3-8,11-14,25-26H,1-2,9-10,15-16H2. The van der Waals surface area contributed by atoms with Crippen LogP contribution in [0.1, 0.15) is 38.5 Å². The molecule has 0 radical (unpaired) electrons. The van der Waals surface area contributed by atoms with E-state index in [-0.39, 0.29) is 24.7 Å². The molecule has 0 aliphatic rings. The van der Waals surface area contributed by atoms with Crippen molar-refractivity contribution in [3.8, 4) is 0 Å². The minimum absolute atomic E-state index is 0.246. The van der Waals surface area contributed by atoms with Gasteiger partial charge in [0.25, 0.3) is 11.8 Å². The summed E-state index contributed by atoms with van der Waals surface area (Å²) in [5.41, 5.74) is 0.902. The molecule has 6 heteroatoms. The number of anilines is 2. The first-order chi connectivity index (χ1) is 12.6. The van der Waals surface area contributed by atoms with Crippen molar-refractivity contribution in [2.45, 2.75) is 38.5 Å². The zero-order valence-electron chi connectivity index (χ0n) is 14.6. The van der Waals surface area contributed by atoms with Crippen molar-refractivity contribution >= 4 is 23.2 Å². The summed E-state index contributed by atoms with van der Waals surface area (Å²) < 4.78 is 0. The largest absolute Gasteiger partial charge is 0.281 e. The Morgan fingerprint density at radius 3 is 1.31 bits per heavy atom. The smallest absolute Gasteiger partial charge is 0.250 e. The Bertz CT molecular complexity index is 630. The van der Waals surface area contributed by atoms with E-state index < -0.39 is 0 Å². The van der Waals surface area contributed by atoms with Gasteiger partial charge in [-0.25, -0.2) is 0 Å². The quantitative estimate of drug-likeness (QED) is 0.401. The number of nitrogens with zero attached hydrogens (tertiary/aromatic N) is 2. The molecule has 2 amide bonds. The molecule has 2 rings (SSSR count). The molecule has 0 fully saturated rings. The highest BCUT2D eigenvalue weighted by Gasteiger charge is 2.13. The summed E-state index contributed by atoms with van der Waals surface area (Å²) in [6.07, 6.45) is 3.32. The normalized spacial score (nSPS) is 10.4. The van der Waals surface area contributed by atoms with Crippen molar-refractivity contribution in [1.82, 2.24) is 0 Å². The lowest BCUT2D eigenvalue weighted by Crippen LogP contribution is -2.26. The van der Waals surface area contributed by atoms with E-state index >= 15 is 0 Å². The van der Waals surface area contributed by atoms with E-state index in [1.165, 1.54) is 0 Å². The molecule has 138 valence electrons. The summed E-state index contributed by atoms with van der Waals surface area (Å²) in [5.74, 6) is -0.698. The third-order valence-corrected chi connectivity index (χ3v) is 4.01. The van der Waals surface area contributed by atoms with Crippen LogP contribution >= 0.6 is 0 Å². The molecule has 26 heavy (non-hydrogen) atoms.